The Morgan fingerprint density at radius 2 is 1.70 bits per heavy atom. The number of hydrogen-bond acceptors (Lipinski definition) is 4. The summed E-state index contributed by atoms with van der Waals surface area (Å²) in [5, 5.41) is 3.60. The maximum atomic E-state index is 12.9. The number of benzene rings is 2. The lowest BCUT2D eigenvalue weighted by atomic mass is 10.1. The summed E-state index contributed by atoms with van der Waals surface area (Å²) in [5.74, 6) is -0.178. The number of carbonyl (C=O) groups excluding carboxylic acids is 1. The van der Waals surface area contributed by atoms with Crippen molar-refractivity contribution >= 4 is 33.1 Å². The molecule has 1 saturated heterocycles. The van der Waals surface area contributed by atoms with E-state index >= 15 is 0 Å². The van der Waals surface area contributed by atoms with Crippen molar-refractivity contribution < 1.29 is 13.2 Å². The molecule has 0 spiro atoms. The zero-order valence-electron chi connectivity index (χ0n) is 15.0. The number of carbonyl (C=O) groups is 1. The van der Waals surface area contributed by atoms with Gasteiger partial charge in [0.25, 0.3) is 0 Å². The summed E-state index contributed by atoms with van der Waals surface area (Å²) >= 11 is 5.94. The molecule has 0 aliphatic carbocycles. The molecule has 1 heterocycles. The molecule has 0 aromatic heterocycles. The molecule has 7 heteroatoms. The van der Waals surface area contributed by atoms with E-state index in [0.29, 0.717) is 23.7 Å². The summed E-state index contributed by atoms with van der Waals surface area (Å²) in [6.07, 6.45) is 3.86. The Morgan fingerprint density at radius 1 is 1.00 bits per heavy atom. The summed E-state index contributed by atoms with van der Waals surface area (Å²) in [6, 6.07) is 13.4. The van der Waals surface area contributed by atoms with Crippen molar-refractivity contribution in [3.05, 3.63) is 59.1 Å². The van der Waals surface area contributed by atoms with Crippen molar-refractivity contribution in [3.8, 4) is 0 Å². The maximum absolute atomic E-state index is 12.9. The zero-order valence-corrected chi connectivity index (χ0v) is 16.6. The third-order valence-electron chi connectivity index (χ3n) is 4.64. The van der Waals surface area contributed by atoms with Gasteiger partial charge in [0, 0.05) is 29.4 Å². The second-order valence-corrected chi connectivity index (χ2v) is 9.01. The highest BCUT2D eigenvalue weighted by molar-refractivity contribution is 7.89. The molecule has 0 radical (unpaired) electrons. The Hall–Kier alpha value is -1.89. The van der Waals surface area contributed by atoms with Crippen LogP contribution in [0.1, 0.15) is 36.0 Å². The fourth-order valence-electron chi connectivity index (χ4n) is 3.14. The smallest absolute Gasteiger partial charge is 0.243 e. The van der Waals surface area contributed by atoms with Gasteiger partial charge in [0.05, 0.1) is 11.4 Å². The first-order chi connectivity index (χ1) is 13.0. The van der Waals surface area contributed by atoms with E-state index < -0.39 is 10.0 Å². The quantitative estimate of drug-likeness (QED) is 0.730. The number of Topliss-reactive ketones (excluding diaryl/α,β-unsaturated/α-hetero) is 1. The van der Waals surface area contributed by atoms with Gasteiger partial charge in [0.1, 0.15) is 0 Å². The maximum Gasteiger partial charge on any atom is 0.243 e. The molecule has 1 aliphatic heterocycles. The van der Waals surface area contributed by atoms with Crippen molar-refractivity contribution in [2.45, 2.75) is 30.6 Å². The molecule has 2 aromatic rings. The molecule has 3 rings (SSSR count). The summed E-state index contributed by atoms with van der Waals surface area (Å²) < 4.78 is 27.4. The third kappa shape index (κ3) is 5.09. The number of hydrogen-bond donors (Lipinski definition) is 1. The molecular formula is C20H23ClN2O3S. The number of ketones is 1. The molecule has 5 nitrogen and oxygen atoms in total. The van der Waals surface area contributed by atoms with Crippen LogP contribution in [-0.4, -0.2) is 38.1 Å². The summed E-state index contributed by atoms with van der Waals surface area (Å²) in [4.78, 5) is 12.7. The van der Waals surface area contributed by atoms with E-state index in [1.165, 1.54) is 10.4 Å². The van der Waals surface area contributed by atoms with E-state index in [9.17, 15) is 13.2 Å². The topological polar surface area (TPSA) is 66.5 Å². The second kappa shape index (κ2) is 8.87. The average Bonchev–Trinajstić information content (AvgIpc) is 2.96. The highest BCUT2D eigenvalue weighted by Crippen LogP contribution is 2.21. The van der Waals surface area contributed by atoms with Gasteiger partial charge in [-0.25, -0.2) is 8.42 Å². The van der Waals surface area contributed by atoms with E-state index in [4.69, 9.17) is 11.6 Å². The molecule has 0 saturated carbocycles. The lowest BCUT2D eigenvalue weighted by Gasteiger charge is -2.20. The van der Waals surface area contributed by atoms with E-state index in [0.717, 1.165) is 31.4 Å². The van der Waals surface area contributed by atoms with Crippen molar-refractivity contribution in [1.29, 1.82) is 0 Å². The van der Waals surface area contributed by atoms with Gasteiger partial charge in [-0.05, 0) is 43.2 Å². The van der Waals surface area contributed by atoms with E-state index in [1.807, 2.05) is 6.07 Å². The van der Waals surface area contributed by atoms with Crippen LogP contribution in [0.4, 0.5) is 5.69 Å². The molecule has 1 N–H and O–H groups in total. The number of nitrogens with zero attached hydrogens (tertiary/aromatic N) is 1. The van der Waals surface area contributed by atoms with Crippen LogP contribution in [-0.2, 0) is 10.0 Å². The lowest BCUT2D eigenvalue weighted by Crippen LogP contribution is -2.32. The number of sulfonamides is 1. The number of nitrogens with one attached hydrogen (secondary N) is 1. The molecule has 1 aliphatic rings. The van der Waals surface area contributed by atoms with Crippen LogP contribution in [0.25, 0.3) is 0 Å². The second-order valence-electron chi connectivity index (χ2n) is 6.63. The summed E-state index contributed by atoms with van der Waals surface area (Å²) in [6.45, 7) is 1.14. The standard InChI is InChI=1S/C20H23ClN2O3S/c21-17-8-6-9-18(14-17)22-15-20(24)16-7-5-10-19(13-16)27(25,26)23-11-3-1-2-4-12-23/h5-10,13-14,22H,1-4,11-12,15H2. The molecule has 27 heavy (non-hydrogen) atoms. The molecule has 0 unspecified atom stereocenters. The lowest BCUT2D eigenvalue weighted by molar-refractivity contribution is 0.101. The van der Waals surface area contributed by atoms with E-state index in [2.05, 4.69) is 5.32 Å². The largest absolute Gasteiger partial charge is 0.378 e. The van der Waals surface area contributed by atoms with Crippen molar-refractivity contribution in [2.75, 3.05) is 25.0 Å². The fraction of sp³-hybridized carbons (Fsp3) is 0.350. The third-order valence-corrected chi connectivity index (χ3v) is 6.77. The fourth-order valence-corrected chi connectivity index (χ4v) is 4.90. The van der Waals surface area contributed by atoms with Gasteiger partial charge in [-0.3, -0.25) is 4.79 Å². The van der Waals surface area contributed by atoms with Gasteiger partial charge in [0.2, 0.25) is 10.0 Å². The predicted octanol–water partition coefficient (Wildman–Crippen LogP) is 4.20. The number of rotatable bonds is 6. The van der Waals surface area contributed by atoms with Crippen molar-refractivity contribution in [2.24, 2.45) is 0 Å². The number of halogens is 1. The molecule has 1 fully saturated rings. The first kappa shape index (κ1) is 19.9. The van der Waals surface area contributed by atoms with Gasteiger partial charge < -0.3 is 5.32 Å². The van der Waals surface area contributed by atoms with Gasteiger partial charge in [-0.1, -0.05) is 42.6 Å². The molecule has 0 bridgehead atoms. The number of anilines is 1. The first-order valence-electron chi connectivity index (χ1n) is 9.10. The molecule has 2 aromatic carbocycles. The van der Waals surface area contributed by atoms with Gasteiger partial charge in [-0.15, -0.1) is 0 Å². The Kier molecular flexibility index (Phi) is 6.52. The first-order valence-corrected chi connectivity index (χ1v) is 10.9. The molecule has 144 valence electrons. The SMILES string of the molecule is O=C(CNc1cccc(Cl)c1)c1cccc(S(=O)(=O)N2CCCCCC2)c1. The Morgan fingerprint density at radius 3 is 2.41 bits per heavy atom. The van der Waals surface area contributed by atoms with Gasteiger partial charge >= 0.3 is 0 Å². The Balaban J connectivity index is 1.73. The van der Waals surface area contributed by atoms with Gasteiger partial charge in [0.15, 0.2) is 5.78 Å². The summed E-state index contributed by atoms with van der Waals surface area (Å²) in [5.41, 5.74) is 1.12. The van der Waals surface area contributed by atoms with Gasteiger partial charge in [-0.2, -0.15) is 4.31 Å². The highest BCUT2D eigenvalue weighted by Gasteiger charge is 2.25. The molecular weight excluding hydrogens is 384 g/mol. The van der Waals surface area contributed by atoms with Crippen LogP contribution < -0.4 is 5.32 Å². The van der Waals surface area contributed by atoms with E-state index in [1.54, 1.807) is 36.4 Å². The van der Waals surface area contributed by atoms with Crippen molar-refractivity contribution in [3.63, 3.8) is 0 Å². The minimum atomic E-state index is -3.57. The Bertz CT molecular complexity index is 907. The summed E-state index contributed by atoms with van der Waals surface area (Å²) in [7, 11) is -3.57. The Labute approximate surface area is 165 Å². The molecule has 0 amide bonds. The van der Waals surface area contributed by atoms with Crippen LogP contribution in [0.3, 0.4) is 0 Å². The average molecular weight is 407 g/mol. The van der Waals surface area contributed by atoms with Crippen molar-refractivity contribution in [1.82, 2.24) is 4.31 Å². The monoisotopic (exact) mass is 406 g/mol. The van der Waals surface area contributed by atoms with Crippen LogP contribution >= 0.6 is 11.6 Å². The predicted molar refractivity (Wildman–Crippen MR) is 108 cm³/mol. The molecule has 0 atom stereocenters. The minimum absolute atomic E-state index is 0.0631. The van der Waals surface area contributed by atoms with Crippen LogP contribution in [0.2, 0.25) is 5.02 Å². The van der Waals surface area contributed by atoms with E-state index in [-0.39, 0.29) is 17.2 Å². The normalized spacial score (nSPS) is 15.9. The highest BCUT2D eigenvalue weighted by atomic mass is 35.5. The zero-order chi connectivity index (χ0) is 19.3. The van der Waals surface area contributed by atoms with Crippen LogP contribution in [0.15, 0.2) is 53.4 Å². The van der Waals surface area contributed by atoms with Crippen LogP contribution in [0.5, 0.6) is 0 Å². The minimum Gasteiger partial charge on any atom is -0.378 e. The van der Waals surface area contributed by atoms with Crippen LogP contribution in [0, 0.1) is 0 Å².